The van der Waals surface area contributed by atoms with E-state index in [4.69, 9.17) is 17.2 Å². The number of pyridine rings is 1. The molecule has 240 valence electrons. The Hall–Kier alpha value is -2.83. The van der Waals surface area contributed by atoms with Crippen molar-refractivity contribution >= 4 is 35.6 Å². The Morgan fingerprint density at radius 1 is 0.628 bits per heavy atom. The average molecular weight is 748 g/mol. The van der Waals surface area contributed by atoms with Gasteiger partial charge >= 0.3 is 0 Å². The number of carboxylic acid groups (broad SMARTS) is 3. The molecule has 2 rings (SSSR count). The minimum atomic E-state index is -1.51. The second-order valence-electron chi connectivity index (χ2n) is 10.1. The van der Waals surface area contributed by atoms with Crippen molar-refractivity contribution in [3.05, 3.63) is 29.6 Å². The van der Waals surface area contributed by atoms with Crippen molar-refractivity contribution < 1.29 is 84.0 Å². The molecule has 16 nitrogen and oxygen atoms in total. The molecule has 0 saturated carbocycles. The fourth-order valence-corrected chi connectivity index (χ4v) is 4.93. The first-order chi connectivity index (χ1) is 19.8. The van der Waals surface area contributed by atoms with Gasteiger partial charge in [-0.25, -0.2) is 0 Å². The zero-order valence-electron chi connectivity index (χ0n) is 23.5. The average Bonchev–Trinajstić information content (AvgIpc) is 2.87. The van der Waals surface area contributed by atoms with E-state index < -0.39 is 53.8 Å². The molecule has 1 aliphatic rings. The van der Waals surface area contributed by atoms with Gasteiger partial charge in [0.1, 0.15) is 0 Å². The number of carboxylic acids is 3. The third-order valence-corrected chi connectivity index (χ3v) is 7.07. The summed E-state index contributed by atoms with van der Waals surface area (Å²) >= 11 is 0. The number of primary amides is 3. The SMILES string of the molecule is NC(=O)CCC(C(=O)[O-])N1CCN(C(CCC(N)=O)C(=O)[O-])Cc2cccc(n2)CN(C(CCC(N)=O)C(=O)[O-])CC1.[Gd]. The smallest absolute Gasteiger partial charge is 0.217 e. The van der Waals surface area contributed by atoms with Crippen molar-refractivity contribution in [3.8, 4) is 0 Å². The van der Waals surface area contributed by atoms with Crippen LogP contribution in [0.15, 0.2) is 18.2 Å². The number of carbonyl (C=O) groups is 6. The van der Waals surface area contributed by atoms with E-state index in [1.165, 1.54) is 14.7 Å². The fourth-order valence-electron chi connectivity index (χ4n) is 4.93. The van der Waals surface area contributed by atoms with Crippen LogP contribution < -0.4 is 32.5 Å². The Labute approximate surface area is 280 Å². The normalized spacial score (nSPS) is 17.2. The first kappa shape index (κ1) is 38.2. The van der Waals surface area contributed by atoms with Crippen LogP contribution in [0, 0.1) is 39.9 Å². The summed E-state index contributed by atoms with van der Waals surface area (Å²) in [5.41, 5.74) is 16.5. The molecule has 2 heterocycles. The molecule has 1 aliphatic heterocycles. The molecule has 0 aliphatic carbocycles. The molecule has 1 aromatic rings. The largest absolute Gasteiger partial charge is 0.548 e. The number of fused-ring (bicyclic) bond motifs is 2. The summed E-state index contributed by atoms with van der Waals surface area (Å²) in [5, 5.41) is 36.4. The van der Waals surface area contributed by atoms with E-state index in [0.717, 1.165) is 0 Å². The van der Waals surface area contributed by atoms with Crippen LogP contribution in [-0.2, 0) is 41.9 Å². The van der Waals surface area contributed by atoms with Gasteiger partial charge in [-0.3, -0.25) is 34.1 Å². The number of rotatable bonds is 15. The first-order valence-electron chi connectivity index (χ1n) is 13.4. The topological polar surface area (TPSA) is 272 Å². The molecule has 3 amide bonds. The molecule has 17 heteroatoms. The van der Waals surface area contributed by atoms with Gasteiger partial charge in [-0.05, 0) is 31.4 Å². The predicted octanol–water partition coefficient (Wildman–Crippen LogP) is -5.85. The summed E-state index contributed by atoms with van der Waals surface area (Å²) in [6, 6.07) is 1.05. The summed E-state index contributed by atoms with van der Waals surface area (Å²) in [4.78, 5) is 79.6. The molecule has 0 spiro atoms. The maximum absolute atomic E-state index is 12.2. The van der Waals surface area contributed by atoms with Gasteiger partial charge in [0.2, 0.25) is 17.7 Å². The van der Waals surface area contributed by atoms with Gasteiger partial charge in [-0.15, -0.1) is 0 Å². The third kappa shape index (κ3) is 13.1. The van der Waals surface area contributed by atoms with Gasteiger partial charge in [0.25, 0.3) is 0 Å². The maximum atomic E-state index is 12.2. The van der Waals surface area contributed by atoms with Gasteiger partial charge in [-0.1, -0.05) is 6.07 Å². The van der Waals surface area contributed by atoms with E-state index >= 15 is 0 Å². The number of amides is 3. The van der Waals surface area contributed by atoms with Gasteiger partial charge in [-0.2, -0.15) is 0 Å². The van der Waals surface area contributed by atoms with Crippen molar-refractivity contribution in [2.75, 3.05) is 26.2 Å². The van der Waals surface area contributed by atoms with Gasteiger partial charge in [0.05, 0.1) is 41.4 Å². The van der Waals surface area contributed by atoms with E-state index in [-0.39, 0.29) is 118 Å². The summed E-state index contributed by atoms with van der Waals surface area (Å²) in [6.45, 7) is -0.306. The Morgan fingerprint density at radius 2 is 0.930 bits per heavy atom. The Kier molecular flexibility index (Phi) is 16.7. The van der Waals surface area contributed by atoms with Crippen LogP contribution in [0.2, 0.25) is 0 Å². The van der Waals surface area contributed by atoms with Crippen LogP contribution in [0.25, 0.3) is 0 Å². The minimum absolute atomic E-state index is 0. The Morgan fingerprint density at radius 3 is 1.23 bits per heavy atom. The number of carbonyl (C=O) groups excluding carboxylic acids is 6. The van der Waals surface area contributed by atoms with Crippen molar-refractivity contribution in [1.29, 1.82) is 0 Å². The van der Waals surface area contributed by atoms with E-state index in [1.54, 1.807) is 18.2 Å². The van der Waals surface area contributed by atoms with Crippen molar-refractivity contribution in [2.24, 2.45) is 17.2 Å². The number of hydrogen-bond acceptors (Lipinski definition) is 13. The summed E-state index contributed by atoms with van der Waals surface area (Å²) in [6.07, 6.45) is -1.30. The number of nitrogens with two attached hydrogens (primary N) is 3. The number of aromatic nitrogens is 1. The first-order valence-corrected chi connectivity index (χ1v) is 13.4. The molecule has 43 heavy (non-hydrogen) atoms. The van der Waals surface area contributed by atoms with Crippen molar-refractivity contribution in [3.63, 3.8) is 0 Å². The van der Waals surface area contributed by atoms with Gasteiger partial charge in [0, 0.05) is 105 Å². The molecular formula is C26H36GdN7O9-3. The third-order valence-electron chi connectivity index (χ3n) is 7.07. The zero-order chi connectivity index (χ0) is 31.4. The summed E-state index contributed by atoms with van der Waals surface area (Å²) < 4.78 is 0. The van der Waals surface area contributed by atoms with Crippen LogP contribution in [0.5, 0.6) is 0 Å². The molecule has 3 atom stereocenters. The van der Waals surface area contributed by atoms with Gasteiger partial charge < -0.3 is 46.9 Å². The van der Waals surface area contributed by atoms with Crippen LogP contribution in [0.3, 0.4) is 0 Å². The summed E-state index contributed by atoms with van der Waals surface area (Å²) in [7, 11) is 0. The predicted molar refractivity (Wildman–Crippen MR) is 138 cm³/mol. The van der Waals surface area contributed by atoms with Crippen molar-refractivity contribution in [1.82, 2.24) is 19.7 Å². The molecule has 0 aromatic carbocycles. The molecule has 2 bridgehead atoms. The maximum Gasteiger partial charge on any atom is 0.217 e. The second-order valence-corrected chi connectivity index (χ2v) is 10.1. The van der Waals surface area contributed by atoms with Gasteiger partial charge in [0.15, 0.2) is 0 Å². The second kappa shape index (κ2) is 18.8. The number of nitrogens with zero attached hydrogens (tertiary/aromatic N) is 4. The Bertz CT molecular complexity index is 1090. The molecular weight excluding hydrogens is 712 g/mol. The number of aliphatic carboxylic acids is 3. The summed E-state index contributed by atoms with van der Waals surface area (Å²) in [5.74, 6) is -6.60. The van der Waals surface area contributed by atoms with E-state index in [0.29, 0.717) is 11.4 Å². The fraction of sp³-hybridized carbons (Fsp3) is 0.577. The van der Waals surface area contributed by atoms with E-state index in [9.17, 15) is 44.1 Å². The monoisotopic (exact) mass is 748 g/mol. The van der Waals surface area contributed by atoms with Crippen LogP contribution in [0.1, 0.15) is 49.9 Å². The molecule has 0 fully saturated rings. The molecule has 6 N–H and O–H groups in total. The van der Waals surface area contributed by atoms with Crippen LogP contribution in [-0.4, -0.2) is 99.6 Å². The van der Waals surface area contributed by atoms with E-state index in [1.807, 2.05) is 0 Å². The quantitative estimate of drug-likeness (QED) is 0.151. The standard InChI is InChI=1S/C26H39N7O9.Gd/c27-21(34)7-4-18(24(37)38)31-10-12-32(19(25(39)40)5-8-22(28)35)14-16-2-1-3-17(30-16)15-33(13-11-31)20(26(41)42)6-9-23(29)36;/h1-3,18-20H,4-15H2,(H2,27,34)(H2,28,35)(H2,29,36)(H,37,38)(H,39,40)(H,41,42);/p-3. The number of hydrogen-bond donors (Lipinski definition) is 3. The van der Waals surface area contributed by atoms with E-state index in [2.05, 4.69) is 4.98 Å². The minimum Gasteiger partial charge on any atom is -0.548 e. The van der Waals surface area contributed by atoms with Crippen LogP contribution >= 0.6 is 0 Å². The zero-order valence-corrected chi connectivity index (χ0v) is 25.8. The molecule has 1 aromatic heterocycles. The molecule has 3 unspecified atom stereocenters. The van der Waals surface area contributed by atoms with Crippen LogP contribution in [0.4, 0.5) is 0 Å². The Balaban J connectivity index is 0.00000924. The molecule has 0 saturated heterocycles. The molecule has 0 radical (unpaired) electrons. The van der Waals surface area contributed by atoms with Crippen molar-refractivity contribution in [2.45, 2.75) is 69.7 Å².